The number of nitrogens with zero attached hydrogens (tertiary/aromatic N) is 4. The quantitative estimate of drug-likeness (QED) is 0.279. The van der Waals surface area contributed by atoms with Gasteiger partial charge in [0.15, 0.2) is 11.6 Å². The molecule has 1 aliphatic heterocycles. The van der Waals surface area contributed by atoms with E-state index in [1.807, 2.05) is 24.3 Å². The van der Waals surface area contributed by atoms with Crippen LogP contribution < -0.4 is 16.0 Å². The molecule has 0 bridgehead atoms. The largest absolute Gasteiger partial charge is 0.508 e. The number of hydrogen-bond donors (Lipinski definition) is 4. The Bertz CT molecular complexity index is 1170. The van der Waals surface area contributed by atoms with Crippen LogP contribution in [0.5, 0.6) is 11.5 Å². The standard InChI is InChI=1S/C19H21N5O.C6H7NO/c1-23-10-12-24(13-11-23)19-17-5-3-2-4-16(17)18(21-22-19)20-14-6-8-15(25)9-7-14;7-5-1-3-6(8)4-2-5/h2-9,25H,10-13H2,1H3,(H,20,21);1-4,8H,7H2. The number of aromatic nitrogens is 2. The van der Waals surface area contributed by atoms with Gasteiger partial charge in [-0.2, -0.15) is 0 Å². The highest BCUT2D eigenvalue weighted by Crippen LogP contribution is 2.30. The van der Waals surface area contributed by atoms with Gasteiger partial charge in [-0.25, -0.2) is 0 Å². The highest BCUT2D eigenvalue weighted by atomic mass is 16.3. The third-order valence-corrected chi connectivity index (χ3v) is 5.49. The monoisotopic (exact) mass is 444 g/mol. The average molecular weight is 445 g/mol. The molecule has 8 heteroatoms. The van der Waals surface area contributed by atoms with Crippen molar-refractivity contribution in [2.24, 2.45) is 0 Å². The van der Waals surface area contributed by atoms with Crippen molar-refractivity contribution in [2.75, 3.05) is 49.2 Å². The molecule has 1 aliphatic rings. The van der Waals surface area contributed by atoms with Crippen LogP contribution in [0.25, 0.3) is 10.8 Å². The van der Waals surface area contributed by atoms with E-state index in [1.54, 1.807) is 36.4 Å². The fraction of sp³-hybridized carbons (Fsp3) is 0.200. The molecular formula is C25H28N6O2. The van der Waals surface area contributed by atoms with Crippen LogP contribution >= 0.6 is 0 Å². The number of rotatable bonds is 3. The van der Waals surface area contributed by atoms with Crippen molar-refractivity contribution in [3.8, 4) is 11.5 Å². The molecule has 0 spiro atoms. The number of hydrogen-bond acceptors (Lipinski definition) is 8. The van der Waals surface area contributed by atoms with E-state index in [4.69, 9.17) is 10.8 Å². The number of fused-ring (bicyclic) bond motifs is 1. The zero-order valence-corrected chi connectivity index (χ0v) is 18.5. The average Bonchev–Trinajstić information content (AvgIpc) is 2.84. The van der Waals surface area contributed by atoms with E-state index in [1.165, 1.54) is 0 Å². The lowest BCUT2D eigenvalue weighted by Crippen LogP contribution is -2.45. The fourth-order valence-electron chi connectivity index (χ4n) is 3.59. The van der Waals surface area contributed by atoms with Crippen molar-refractivity contribution in [1.82, 2.24) is 15.1 Å². The van der Waals surface area contributed by atoms with Gasteiger partial charge in [-0.15, -0.1) is 10.2 Å². The molecule has 0 unspecified atom stereocenters. The Morgan fingerprint density at radius 1 is 0.758 bits per heavy atom. The summed E-state index contributed by atoms with van der Waals surface area (Å²) in [5.41, 5.74) is 6.85. The van der Waals surface area contributed by atoms with E-state index >= 15 is 0 Å². The topological polar surface area (TPSA) is 111 Å². The Labute approximate surface area is 192 Å². The van der Waals surface area contributed by atoms with E-state index in [2.05, 4.69) is 44.5 Å². The maximum Gasteiger partial charge on any atom is 0.161 e. The first-order chi connectivity index (χ1) is 16.0. The zero-order chi connectivity index (χ0) is 23.2. The molecule has 1 fully saturated rings. The molecule has 1 aromatic heterocycles. The highest BCUT2D eigenvalue weighted by molar-refractivity contribution is 5.99. The second kappa shape index (κ2) is 10.1. The Morgan fingerprint density at radius 2 is 1.33 bits per heavy atom. The summed E-state index contributed by atoms with van der Waals surface area (Å²) < 4.78 is 0. The number of benzene rings is 3. The van der Waals surface area contributed by atoms with Crippen molar-refractivity contribution < 1.29 is 10.2 Å². The van der Waals surface area contributed by atoms with Crippen molar-refractivity contribution in [2.45, 2.75) is 0 Å². The molecule has 0 amide bonds. The number of nitrogen functional groups attached to an aromatic ring is 1. The molecule has 5 rings (SSSR count). The van der Waals surface area contributed by atoms with E-state index in [0.717, 1.165) is 54.3 Å². The van der Waals surface area contributed by atoms with Gasteiger partial charge in [0.25, 0.3) is 0 Å². The molecule has 4 aromatic rings. The lowest BCUT2D eigenvalue weighted by molar-refractivity contribution is 0.312. The van der Waals surface area contributed by atoms with E-state index in [9.17, 15) is 5.11 Å². The van der Waals surface area contributed by atoms with Gasteiger partial charge in [-0.3, -0.25) is 0 Å². The normalized spacial score (nSPS) is 13.9. The number of piperazine rings is 1. The van der Waals surface area contributed by atoms with E-state index in [-0.39, 0.29) is 11.5 Å². The first kappa shape index (κ1) is 22.2. The van der Waals surface area contributed by atoms with Gasteiger partial charge < -0.3 is 31.1 Å². The van der Waals surface area contributed by atoms with Crippen molar-refractivity contribution in [3.05, 3.63) is 72.8 Å². The summed E-state index contributed by atoms with van der Waals surface area (Å²) in [5.74, 6) is 2.16. The molecule has 8 nitrogen and oxygen atoms in total. The summed E-state index contributed by atoms with van der Waals surface area (Å²) in [4.78, 5) is 4.63. The number of nitrogens with two attached hydrogens (primary N) is 1. The summed E-state index contributed by atoms with van der Waals surface area (Å²) in [6.45, 7) is 3.98. The van der Waals surface area contributed by atoms with Crippen LogP contribution in [0.15, 0.2) is 72.8 Å². The van der Waals surface area contributed by atoms with Crippen LogP contribution in [0.2, 0.25) is 0 Å². The van der Waals surface area contributed by atoms with Crippen molar-refractivity contribution >= 4 is 33.8 Å². The molecule has 33 heavy (non-hydrogen) atoms. The van der Waals surface area contributed by atoms with Crippen molar-refractivity contribution in [3.63, 3.8) is 0 Å². The van der Waals surface area contributed by atoms with Gasteiger partial charge in [-0.05, 0) is 55.6 Å². The number of likely N-dealkylation sites (N-methyl/N-ethyl adjacent to an activating group) is 1. The van der Waals surface area contributed by atoms with Gasteiger partial charge in [0.05, 0.1) is 0 Å². The molecule has 0 radical (unpaired) electrons. The number of phenols is 2. The minimum Gasteiger partial charge on any atom is -0.508 e. The molecule has 0 atom stereocenters. The Kier molecular flexibility index (Phi) is 6.75. The van der Waals surface area contributed by atoms with Crippen LogP contribution in [0, 0.1) is 0 Å². The van der Waals surface area contributed by atoms with Crippen LogP contribution in [-0.4, -0.2) is 58.5 Å². The molecule has 5 N–H and O–H groups in total. The molecule has 170 valence electrons. The number of aromatic hydroxyl groups is 2. The maximum atomic E-state index is 9.43. The summed E-state index contributed by atoms with van der Waals surface area (Å²) in [5, 5.41) is 32.5. The van der Waals surface area contributed by atoms with Gasteiger partial charge in [-0.1, -0.05) is 24.3 Å². The fourth-order valence-corrected chi connectivity index (χ4v) is 3.59. The molecule has 1 saturated heterocycles. The number of nitrogens with one attached hydrogen (secondary N) is 1. The minimum atomic E-state index is 0.243. The number of anilines is 4. The van der Waals surface area contributed by atoms with Gasteiger partial charge >= 0.3 is 0 Å². The second-order valence-electron chi connectivity index (χ2n) is 7.97. The maximum absolute atomic E-state index is 9.43. The molecule has 0 saturated carbocycles. The number of phenolic OH excluding ortho intramolecular Hbond substituents is 2. The third kappa shape index (κ3) is 5.61. The summed E-state index contributed by atoms with van der Waals surface area (Å²) in [7, 11) is 2.14. The predicted molar refractivity (Wildman–Crippen MR) is 133 cm³/mol. The second-order valence-corrected chi connectivity index (χ2v) is 7.97. The van der Waals surface area contributed by atoms with Gasteiger partial charge in [0, 0.05) is 48.3 Å². The summed E-state index contributed by atoms with van der Waals surface area (Å²) >= 11 is 0. The van der Waals surface area contributed by atoms with E-state index in [0.29, 0.717) is 5.69 Å². The molecule has 0 aliphatic carbocycles. The lowest BCUT2D eigenvalue weighted by atomic mass is 10.1. The van der Waals surface area contributed by atoms with E-state index < -0.39 is 0 Å². The summed E-state index contributed by atoms with van der Waals surface area (Å²) in [6.07, 6.45) is 0. The summed E-state index contributed by atoms with van der Waals surface area (Å²) in [6, 6.07) is 21.5. The lowest BCUT2D eigenvalue weighted by Gasteiger charge is -2.33. The zero-order valence-electron chi connectivity index (χ0n) is 18.5. The van der Waals surface area contributed by atoms with Crippen LogP contribution in [-0.2, 0) is 0 Å². The van der Waals surface area contributed by atoms with Crippen LogP contribution in [0.3, 0.4) is 0 Å². The first-order valence-corrected chi connectivity index (χ1v) is 10.8. The Balaban J connectivity index is 0.000000275. The first-order valence-electron chi connectivity index (χ1n) is 10.8. The van der Waals surface area contributed by atoms with Crippen LogP contribution in [0.4, 0.5) is 23.0 Å². The third-order valence-electron chi connectivity index (χ3n) is 5.49. The smallest absolute Gasteiger partial charge is 0.161 e. The minimum absolute atomic E-state index is 0.243. The Hall–Kier alpha value is -4.04. The van der Waals surface area contributed by atoms with Crippen molar-refractivity contribution in [1.29, 1.82) is 0 Å². The van der Waals surface area contributed by atoms with Gasteiger partial charge in [0.2, 0.25) is 0 Å². The van der Waals surface area contributed by atoms with Crippen LogP contribution in [0.1, 0.15) is 0 Å². The van der Waals surface area contributed by atoms with Gasteiger partial charge in [0.1, 0.15) is 11.5 Å². The highest BCUT2D eigenvalue weighted by Gasteiger charge is 2.19. The Morgan fingerprint density at radius 3 is 1.94 bits per heavy atom. The SMILES string of the molecule is CN1CCN(c2nnc(Nc3ccc(O)cc3)c3ccccc23)CC1.Nc1ccc(O)cc1. The predicted octanol–water partition coefficient (Wildman–Crippen LogP) is 3.81. The molecule has 3 aromatic carbocycles. The molecular weight excluding hydrogens is 416 g/mol. The molecule has 2 heterocycles.